The number of pyridine rings is 1. The van der Waals surface area contributed by atoms with Gasteiger partial charge in [-0.1, -0.05) is 74.5 Å². The van der Waals surface area contributed by atoms with Gasteiger partial charge >= 0.3 is 0 Å². The summed E-state index contributed by atoms with van der Waals surface area (Å²) < 4.78 is 0. The Morgan fingerprint density at radius 2 is 1.19 bits per heavy atom. The van der Waals surface area contributed by atoms with E-state index in [1.54, 1.807) is 0 Å². The van der Waals surface area contributed by atoms with Crippen molar-refractivity contribution in [2.75, 3.05) is 0 Å². The predicted molar refractivity (Wildman–Crippen MR) is 91.2 cm³/mol. The lowest BCUT2D eigenvalue weighted by atomic mass is 10.0. The monoisotopic (exact) mass is 275 g/mol. The van der Waals surface area contributed by atoms with Gasteiger partial charge in [0, 0.05) is 17.3 Å². The molecule has 1 aromatic heterocycles. The van der Waals surface area contributed by atoms with Gasteiger partial charge in [-0.05, 0) is 24.1 Å². The van der Waals surface area contributed by atoms with Gasteiger partial charge in [0.05, 0.1) is 5.69 Å². The first-order chi connectivity index (χ1) is 10.3. The van der Waals surface area contributed by atoms with E-state index in [1.165, 1.54) is 16.7 Å². The molecule has 21 heavy (non-hydrogen) atoms. The molecule has 0 aliphatic heterocycles. The molecule has 3 rings (SSSR count). The highest BCUT2D eigenvalue weighted by atomic mass is 14.7. The zero-order valence-electron chi connectivity index (χ0n) is 12.9. The summed E-state index contributed by atoms with van der Waals surface area (Å²) in [5.41, 5.74) is 5.79. The fourth-order valence-corrected chi connectivity index (χ4v) is 2.26. The van der Waals surface area contributed by atoms with E-state index in [0.29, 0.717) is 0 Å². The van der Waals surface area contributed by atoms with Crippen molar-refractivity contribution in [1.29, 1.82) is 0 Å². The van der Waals surface area contributed by atoms with E-state index in [2.05, 4.69) is 54.4 Å². The van der Waals surface area contributed by atoms with Crippen LogP contribution >= 0.6 is 0 Å². The lowest BCUT2D eigenvalue weighted by Gasteiger charge is -2.08. The molecule has 0 fully saturated rings. The van der Waals surface area contributed by atoms with Gasteiger partial charge in [0.2, 0.25) is 0 Å². The fourth-order valence-electron chi connectivity index (χ4n) is 2.26. The van der Waals surface area contributed by atoms with Gasteiger partial charge in [-0.2, -0.15) is 0 Å². The van der Waals surface area contributed by atoms with Crippen molar-refractivity contribution in [3.63, 3.8) is 0 Å². The molecule has 3 aromatic rings. The molecule has 0 bridgehead atoms. The van der Waals surface area contributed by atoms with Crippen molar-refractivity contribution in [1.82, 2.24) is 4.98 Å². The maximum atomic E-state index is 4.62. The maximum Gasteiger partial charge on any atom is 0.0731 e. The van der Waals surface area contributed by atoms with Crippen molar-refractivity contribution in [2.24, 2.45) is 0 Å². The average Bonchev–Trinajstić information content (AvgIpc) is 2.58. The zero-order chi connectivity index (χ0) is 15.1. The minimum absolute atomic E-state index is 1.06. The van der Waals surface area contributed by atoms with Gasteiger partial charge in [0.15, 0.2) is 0 Å². The minimum atomic E-state index is 1.06. The molecule has 2 aromatic carbocycles. The maximum absolute atomic E-state index is 4.62. The molecule has 0 unspecified atom stereocenters. The Morgan fingerprint density at radius 1 is 0.667 bits per heavy atom. The van der Waals surface area contributed by atoms with E-state index in [0.717, 1.165) is 11.3 Å². The molecule has 1 nitrogen and oxygen atoms in total. The fraction of sp³-hybridized carbons (Fsp3) is 0.150. The molecular formula is C20H21N. The first-order valence-electron chi connectivity index (χ1n) is 7.42. The number of aryl methyl sites for hydroxylation is 1. The van der Waals surface area contributed by atoms with Crippen molar-refractivity contribution in [3.05, 3.63) is 78.5 Å². The summed E-state index contributed by atoms with van der Waals surface area (Å²) in [4.78, 5) is 4.62. The highest BCUT2D eigenvalue weighted by Gasteiger charge is 2.05. The molecule has 0 amide bonds. The van der Waals surface area contributed by atoms with Crippen LogP contribution in [0.5, 0.6) is 0 Å². The zero-order valence-corrected chi connectivity index (χ0v) is 12.9. The number of hydrogen-bond donors (Lipinski definition) is 0. The Labute approximate surface area is 127 Å². The Morgan fingerprint density at radius 3 is 1.71 bits per heavy atom. The van der Waals surface area contributed by atoms with Crippen LogP contribution in [0.25, 0.3) is 22.4 Å². The molecular weight excluding hydrogens is 254 g/mol. The van der Waals surface area contributed by atoms with Crippen LogP contribution in [0.1, 0.15) is 19.4 Å². The van der Waals surface area contributed by atoms with Crippen molar-refractivity contribution >= 4 is 0 Å². The van der Waals surface area contributed by atoms with E-state index in [-0.39, 0.29) is 0 Å². The molecule has 0 atom stereocenters. The number of aromatic nitrogens is 1. The molecule has 0 aliphatic rings. The van der Waals surface area contributed by atoms with Crippen LogP contribution in [0.15, 0.2) is 72.9 Å². The standard InChI is InChI=1S/C18H15N.C2H6/c1-14-12-17(15-8-4-2-5-9-15)13-19-18(14)16-10-6-3-7-11-16;1-2/h2-13H,1H3;1-2H3. The molecule has 1 heteroatoms. The van der Waals surface area contributed by atoms with Crippen molar-refractivity contribution in [3.8, 4) is 22.4 Å². The second-order valence-corrected chi connectivity index (χ2v) is 4.62. The highest BCUT2D eigenvalue weighted by molar-refractivity contribution is 5.69. The Hall–Kier alpha value is -2.41. The number of rotatable bonds is 2. The third kappa shape index (κ3) is 3.57. The lowest BCUT2D eigenvalue weighted by Crippen LogP contribution is -1.89. The molecule has 1 heterocycles. The molecule has 0 spiro atoms. The van der Waals surface area contributed by atoms with Crippen LogP contribution < -0.4 is 0 Å². The molecule has 0 radical (unpaired) electrons. The third-order valence-electron chi connectivity index (χ3n) is 3.23. The van der Waals surface area contributed by atoms with E-state index < -0.39 is 0 Å². The quantitative estimate of drug-likeness (QED) is 0.580. The van der Waals surface area contributed by atoms with E-state index in [4.69, 9.17) is 0 Å². The van der Waals surface area contributed by atoms with Crippen molar-refractivity contribution in [2.45, 2.75) is 20.8 Å². The normalized spacial score (nSPS) is 9.67. The minimum Gasteiger partial charge on any atom is -0.255 e. The van der Waals surface area contributed by atoms with Crippen LogP contribution in [0.3, 0.4) is 0 Å². The number of benzene rings is 2. The van der Waals surface area contributed by atoms with Gasteiger partial charge < -0.3 is 0 Å². The first kappa shape index (κ1) is 15.0. The summed E-state index contributed by atoms with van der Waals surface area (Å²) >= 11 is 0. The van der Waals surface area contributed by atoms with Crippen LogP contribution in [-0.2, 0) is 0 Å². The molecule has 0 saturated heterocycles. The van der Waals surface area contributed by atoms with E-state index in [9.17, 15) is 0 Å². The van der Waals surface area contributed by atoms with Crippen LogP contribution in [0, 0.1) is 6.92 Å². The van der Waals surface area contributed by atoms with Crippen molar-refractivity contribution < 1.29 is 0 Å². The average molecular weight is 275 g/mol. The molecule has 0 aliphatic carbocycles. The topological polar surface area (TPSA) is 12.9 Å². The summed E-state index contributed by atoms with van der Waals surface area (Å²) in [5.74, 6) is 0. The second-order valence-electron chi connectivity index (χ2n) is 4.62. The Kier molecular flexibility index (Phi) is 5.28. The van der Waals surface area contributed by atoms with Gasteiger partial charge in [-0.15, -0.1) is 0 Å². The number of nitrogens with zero attached hydrogens (tertiary/aromatic N) is 1. The molecule has 106 valence electrons. The van der Waals surface area contributed by atoms with Gasteiger partial charge in [0.25, 0.3) is 0 Å². The lowest BCUT2D eigenvalue weighted by molar-refractivity contribution is 1.27. The predicted octanol–water partition coefficient (Wildman–Crippen LogP) is 5.75. The van der Waals surface area contributed by atoms with Crippen LogP contribution in [0.4, 0.5) is 0 Å². The van der Waals surface area contributed by atoms with Crippen LogP contribution in [0.2, 0.25) is 0 Å². The summed E-state index contributed by atoms with van der Waals surface area (Å²) in [7, 11) is 0. The Bertz CT molecular complexity index is 673. The van der Waals surface area contributed by atoms with E-state index in [1.807, 2.05) is 44.3 Å². The first-order valence-corrected chi connectivity index (χ1v) is 7.42. The highest BCUT2D eigenvalue weighted by Crippen LogP contribution is 2.25. The second kappa shape index (κ2) is 7.39. The summed E-state index contributed by atoms with van der Waals surface area (Å²) in [6.07, 6.45) is 1.95. The molecule has 0 N–H and O–H groups in total. The van der Waals surface area contributed by atoms with E-state index >= 15 is 0 Å². The smallest absolute Gasteiger partial charge is 0.0731 e. The molecule has 0 saturated carbocycles. The number of hydrogen-bond acceptors (Lipinski definition) is 1. The Balaban J connectivity index is 0.000000774. The third-order valence-corrected chi connectivity index (χ3v) is 3.23. The van der Waals surface area contributed by atoms with Gasteiger partial charge in [-0.25, -0.2) is 0 Å². The largest absolute Gasteiger partial charge is 0.255 e. The van der Waals surface area contributed by atoms with Gasteiger partial charge in [0.1, 0.15) is 0 Å². The van der Waals surface area contributed by atoms with Gasteiger partial charge in [-0.3, -0.25) is 4.98 Å². The SMILES string of the molecule is CC.Cc1cc(-c2ccccc2)cnc1-c1ccccc1. The van der Waals surface area contributed by atoms with Crippen LogP contribution in [-0.4, -0.2) is 4.98 Å². The summed E-state index contributed by atoms with van der Waals surface area (Å²) in [6, 6.07) is 22.9. The summed E-state index contributed by atoms with van der Waals surface area (Å²) in [5, 5.41) is 0. The summed E-state index contributed by atoms with van der Waals surface area (Å²) in [6.45, 7) is 6.11.